The number of likely N-dealkylation sites (N-methyl/N-ethyl adjacent to an activating group) is 1. The zero-order valence-electron chi connectivity index (χ0n) is 19.2. The van der Waals surface area contributed by atoms with E-state index in [4.69, 9.17) is 23.2 Å². The van der Waals surface area contributed by atoms with Crippen molar-refractivity contribution in [2.45, 2.75) is 38.8 Å². The van der Waals surface area contributed by atoms with E-state index in [0.29, 0.717) is 27.7 Å². The molecule has 34 heavy (non-hydrogen) atoms. The maximum Gasteiger partial charge on any atom is 0.242 e. The summed E-state index contributed by atoms with van der Waals surface area (Å²) in [5.41, 5.74) is 0.934. The van der Waals surface area contributed by atoms with E-state index in [0.717, 1.165) is 10.6 Å². The van der Waals surface area contributed by atoms with Crippen molar-refractivity contribution in [3.8, 4) is 0 Å². The lowest BCUT2D eigenvalue weighted by molar-refractivity contribution is -0.141. The Balaban J connectivity index is 2.21. The van der Waals surface area contributed by atoms with Crippen LogP contribution in [0.5, 0.6) is 0 Å². The first-order chi connectivity index (χ1) is 16.0. The molecular weight excluding hydrogens is 504 g/mol. The van der Waals surface area contributed by atoms with Gasteiger partial charge in [-0.15, -0.1) is 0 Å². The van der Waals surface area contributed by atoms with Crippen LogP contribution in [0.4, 0.5) is 10.1 Å². The Morgan fingerprint density at radius 3 is 2.29 bits per heavy atom. The van der Waals surface area contributed by atoms with Gasteiger partial charge in [-0.05, 0) is 54.8 Å². The van der Waals surface area contributed by atoms with Gasteiger partial charge in [0, 0.05) is 36.6 Å². The molecular formula is C23H28Cl2FN3O4S. The number of nitrogens with one attached hydrogen (secondary N) is 1. The molecule has 0 radical (unpaired) electrons. The first-order valence-corrected chi connectivity index (χ1v) is 13.3. The lowest BCUT2D eigenvalue weighted by Gasteiger charge is -2.31. The average Bonchev–Trinajstić information content (AvgIpc) is 2.77. The van der Waals surface area contributed by atoms with E-state index in [9.17, 15) is 22.4 Å². The standard InChI is InChI=1S/C23H28Cl2FN3O4S/c1-4-21(23(31)27-2)28(15-16-7-8-17(24)14-20(16)25)22(30)6-5-13-29(34(3,32)33)19-11-9-18(26)10-12-19/h7-12,14,21H,4-6,13,15H2,1-3H3,(H,27,31). The number of benzene rings is 2. The van der Waals surface area contributed by atoms with Gasteiger partial charge in [0.15, 0.2) is 0 Å². The van der Waals surface area contributed by atoms with Crippen LogP contribution < -0.4 is 9.62 Å². The van der Waals surface area contributed by atoms with Gasteiger partial charge in [-0.2, -0.15) is 0 Å². The molecule has 1 unspecified atom stereocenters. The number of amides is 2. The summed E-state index contributed by atoms with van der Waals surface area (Å²) in [6.45, 7) is 1.90. The number of carbonyl (C=O) groups is 2. The first-order valence-electron chi connectivity index (χ1n) is 10.7. The van der Waals surface area contributed by atoms with Crippen LogP contribution in [0.2, 0.25) is 10.0 Å². The van der Waals surface area contributed by atoms with Crippen molar-refractivity contribution in [1.29, 1.82) is 0 Å². The molecule has 2 amide bonds. The number of rotatable bonds is 11. The second-order valence-corrected chi connectivity index (χ2v) is 10.5. The van der Waals surface area contributed by atoms with Crippen molar-refractivity contribution < 1.29 is 22.4 Å². The molecule has 0 saturated heterocycles. The molecule has 1 N–H and O–H groups in total. The summed E-state index contributed by atoms with van der Waals surface area (Å²) in [6.07, 6.45) is 1.61. The summed E-state index contributed by atoms with van der Waals surface area (Å²) in [7, 11) is -2.16. The number of hydrogen-bond acceptors (Lipinski definition) is 4. The van der Waals surface area contributed by atoms with Gasteiger partial charge in [0.25, 0.3) is 0 Å². The monoisotopic (exact) mass is 531 g/mol. The number of nitrogens with zero attached hydrogens (tertiary/aromatic N) is 2. The van der Waals surface area contributed by atoms with Crippen molar-refractivity contribution in [2.24, 2.45) is 0 Å². The lowest BCUT2D eigenvalue weighted by atomic mass is 10.1. The summed E-state index contributed by atoms with van der Waals surface area (Å²) in [5.74, 6) is -1.12. The van der Waals surface area contributed by atoms with E-state index in [1.807, 2.05) is 0 Å². The minimum Gasteiger partial charge on any atom is -0.357 e. The summed E-state index contributed by atoms with van der Waals surface area (Å²) < 4.78 is 38.9. The molecule has 1 atom stereocenters. The molecule has 11 heteroatoms. The Kier molecular flexibility index (Phi) is 10.1. The van der Waals surface area contributed by atoms with Crippen LogP contribution in [-0.2, 0) is 26.2 Å². The highest BCUT2D eigenvalue weighted by molar-refractivity contribution is 7.92. The molecule has 0 saturated carbocycles. The van der Waals surface area contributed by atoms with Gasteiger partial charge in [0.05, 0.1) is 11.9 Å². The SMILES string of the molecule is CCC(C(=O)NC)N(Cc1ccc(Cl)cc1Cl)C(=O)CCCN(c1ccc(F)cc1)S(C)(=O)=O. The van der Waals surface area contributed by atoms with Gasteiger partial charge in [0.2, 0.25) is 21.8 Å². The predicted molar refractivity (Wildman–Crippen MR) is 133 cm³/mol. The van der Waals surface area contributed by atoms with Crippen LogP contribution in [0, 0.1) is 5.82 Å². The van der Waals surface area contributed by atoms with Gasteiger partial charge in [-0.25, -0.2) is 12.8 Å². The van der Waals surface area contributed by atoms with Crippen LogP contribution in [0.25, 0.3) is 0 Å². The maximum atomic E-state index is 13.3. The van der Waals surface area contributed by atoms with Gasteiger partial charge >= 0.3 is 0 Å². The van der Waals surface area contributed by atoms with Gasteiger partial charge in [-0.1, -0.05) is 36.2 Å². The van der Waals surface area contributed by atoms with Gasteiger partial charge in [-0.3, -0.25) is 13.9 Å². The zero-order chi connectivity index (χ0) is 25.5. The number of halogens is 3. The largest absolute Gasteiger partial charge is 0.357 e. The topological polar surface area (TPSA) is 86.8 Å². The Morgan fingerprint density at radius 1 is 1.12 bits per heavy atom. The molecule has 0 fully saturated rings. The molecule has 2 aromatic rings. The van der Waals surface area contributed by atoms with E-state index in [1.54, 1.807) is 25.1 Å². The van der Waals surface area contributed by atoms with E-state index in [2.05, 4.69) is 5.32 Å². The Hall–Kier alpha value is -2.36. The highest BCUT2D eigenvalue weighted by Gasteiger charge is 2.28. The van der Waals surface area contributed by atoms with E-state index in [1.165, 1.54) is 36.2 Å². The van der Waals surface area contributed by atoms with E-state index in [-0.39, 0.29) is 37.7 Å². The molecule has 0 aliphatic heterocycles. The summed E-state index contributed by atoms with van der Waals surface area (Å²) in [5, 5.41) is 3.40. The third-order valence-electron chi connectivity index (χ3n) is 5.25. The third-order valence-corrected chi connectivity index (χ3v) is 7.04. The minimum absolute atomic E-state index is 0.00802. The summed E-state index contributed by atoms with van der Waals surface area (Å²) in [4.78, 5) is 27.1. The molecule has 0 aliphatic carbocycles. The summed E-state index contributed by atoms with van der Waals surface area (Å²) >= 11 is 12.3. The molecule has 0 heterocycles. The van der Waals surface area contributed by atoms with Crippen molar-refractivity contribution in [3.05, 3.63) is 63.9 Å². The predicted octanol–water partition coefficient (Wildman–Crippen LogP) is 4.23. The first kappa shape index (κ1) is 27.9. The van der Waals surface area contributed by atoms with Crippen LogP contribution in [0.1, 0.15) is 31.7 Å². The maximum absolute atomic E-state index is 13.3. The molecule has 0 aliphatic rings. The van der Waals surface area contributed by atoms with E-state index < -0.39 is 21.9 Å². The smallest absolute Gasteiger partial charge is 0.242 e. The van der Waals surface area contributed by atoms with Crippen LogP contribution in [0.3, 0.4) is 0 Å². The second kappa shape index (κ2) is 12.4. The highest BCUT2D eigenvalue weighted by Crippen LogP contribution is 2.25. The Morgan fingerprint density at radius 2 is 1.76 bits per heavy atom. The van der Waals surface area contributed by atoms with Crippen LogP contribution in [-0.4, -0.2) is 51.0 Å². The second-order valence-electron chi connectivity index (χ2n) is 7.71. The van der Waals surface area contributed by atoms with Gasteiger partial charge < -0.3 is 10.2 Å². The normalized spacial score (nSPS) is 12.2. The number of hydrogen-bond donors (Lipinski definition) is 1. The number of sulfonamides is 1. The summed E-state index contributed by atoms with van der Waals surface area (Å²) in [6, 6.07) is 9.26. The zero-order valence-corrected chi connectivity index (χ0v) is 21.6. The number of anilines is 1. The quantitative estimate of drug-likeness (QED) is 0.469. The molecule has 0 spiro atoms. The molecule has 2 rings (SSSR count). The van der Waals surface area contributed by atoms with Crippen molar-refractivity contribution in [3.63, 3.8) is 0 Å². The molecule has 7 nitrogen and oxygen atoms in total. The fourth-order valence-corrected chi connectivity index (χ4v) is 4.96. The fourth-order valence-electron chi connectivity index (χ4n) is 3.53. The molecule has 186 valence electrons. The molecule has 0 aromatic heterocycles. The van der Waals surface area contributed by atoms with Crippen molar-refractivity contribution in [1.82, 2.24) is 10.2 Å². The van der Waals surface area contributed by atoms with Crippen molar-refractivity contribution >= 4 is 50.7 Å². The van der Waals surface area contributed by atoms with E-state index >= 15 is 0 Å². The minimum atomic E-state index is -3.65. The lowest BCUT2D eigenvalue weighted by Crippen LogP contribution is -2.48. The Bertz CT molecular complexity index is 1110. The Labute approximate surface area is 209 Å². The van der Waals surface area contributed by atoms with Crippen molar-refractivity contribution in [2.75, 3.05) is 24.2 Å². The van der Waals surface area contributed by atoms with Crippen LogP contribution >= 0.6 is 23.2 Å². The number of carbonyl (C=O) groups excluding carboxylic acids is 2. The fraction of sp³-hybridized carbons (Fsp3) is 0.391. The van der Waals surface area contributed by atoms with Crippen LogP contribution in [0.15, 0.2) is 42.5 Å². The third kappa shape index (κ3) is 7.58. The molecule has 0 bridgehead atoms. The highest BCUT2D eigenvalue weighted by atomic mass is 35.5. The molecule has 2 aromatic carbocycles. The average molecular weight is 532 g/mol. The van der Waals surface area contributed by atoms with Gasteiger partial charge in [0.1, 0.15) is 11.9 Å².